The zero-order chi connectivity index (χ0) is 22.5. The molecule has 0 spiro atoms. The molecule has 0 aliphatic heterocycles. The van der Waals surface area contributed by atoms with Crippen LogP contribution in [0.3, 0.4) is 0 Å². The molecular weight excluding hydrogens is 420 g/mol. The molecule has 5 nitrogen and oxygen atoms in total. The van der Waals surface area contributed by atoms with Crippen molar-refractivity contribution in [1.82, 2.24) is 10.3 Å². The molecular formula is C26H28N2O3S. The van der Waals surface area contributed by atoms with Crippen LogP contribution in [0, 0.1) is 18.3 Å². The lowest BCUT2D eigenvalue weighted by atomic mass is 9.95. The van der Waals surface area contributed by atoms with Gasteiger partial charge >= 0.3 is 0 Å². The lowest BCUT2D eigenvalue weighted by Gasteiger charge is -2.13. The Morgan fingerprint density at radius 3 is 2.78 bits per heavy atom. The van der Waals surface area contributed by atoms with Crippen molar-refractivity contribution in [2.75, 3.05) is 7.11 Å². The first-order chi connectivity index (χ1) is 15.4. The predicted molar refractivity (Wildman–Crippen MR) is 126 cm³/mol. The quantitative estimate of drug-likeness (QED) is 0.535. The van der Waals surface area contributed by atoms with Crippen LogP contribution in [0.25, 0.3) is 0 Å². The fourth-order valence-electron chi connectivity index (χ4n) is 5.18. The van der Waals surface area contributed by atoms with Crippen molar-refractivity contribution in [3.05, 3.63) is 74.7 Å². The van der Waals surface area contributed by atoms with Crippen molar-refractivity contribution in [3.63, 3.8) is 0 Å². The van der Waals surface area contributed by atoms with Gasteiger partial charge in [-0.15, -0.1) is 11.3 Å². The number of ether oxygens (including phenoxy) is 2. The predicted octanol–water partition coefficient (Wildman–Crippen LogP) is 5.26. The van der Waals surface area contributed by atoms with Gasteiger partial charge in [0.25, 0.3) is 5.91 Å². The summed E-state index contributed by atoms with van der Waals surface area (Å²) in [5.74, 6) is 2.77. The third-order valence-corrected chi connectivity index (χ3v) is 8.24. The van der Waals surface area contributed by atoms with Crippen LogP contribution < -0.4 is 14.8 Å². The Labute approximate surface area is 192 Å². The van der Waals surface area contributed by atoms with E-state index in [1.165, 1.54) is 16.0 Å². The third kappa shape index (κ3) is 3.56. The Hall–Kier alpha value is -2.86. The van der Waals surface area contributed by atoms with E-state index >= 15 is 0 Å². The number of nitrogens with one attached hydrogen (secondary N) is 1. The van der Waals surface area contributed by atoms with Crippen LogP contribution in [-0.2, 0) is 19.6 Å². The van der Waals surface area contributed by atoms with E-state index in [1.54, 1.807) is 30.8 Å². The van der Waals surface area contributed by atoms with Crippen molar-refractivity contribution in [3.8, 4) is 11.5 Å². The molecule has 6 heteroatoms. The summed E-state index contributed by atoms with van der Waals surface area (Å²) in [6.07, 6.45) is 4.53. The van der Waals surface area contributed by atoms with Gasteiger partial charge in [-0.3, -0.25) is 9.78 Å². The Morgan fingerprint density at radius 2 is 2.03 bits per heavy atom. The fraction of sp³-hybridized carbons (Fsp3) is 0.385. The summed E-state index contributed by atoms with van der Waals surface area (Å²) in [4.78, 5) is 19.2. The Kier molecular flexibility index (Phi) is 5.20. The molecule has 1 amide bonds. The van der Waals surface area contributed by atoms with Gasteiger partial charge in [0, 0.05) is 35.4 Å². The highest BCUT2D eigenvalue weighted by Crippen LogP contribution is 2.71. The minimum Gasteiger partial charge on any atom is -0.496 e. The Balaban J connectivity index is 1.25. The molecule has 2 heterocycles. The van der Waals surface area contributed by atoms with Crippen molar-refractivity contribution >= 4 is 17.2 Å². The van der Waals surface area contributed by atoms with Gasteiger partial charge in [-0.25, -0.2) is 0 Å². The van der Waals surface area contributed by atoms with E-state index in [2.05, 4.69) is 31.1 Å². The number of nitrogens with zero attached hydrogens (tertiary/aromatic N) is 1. The number of pyridine rings is 1. The van der Waals surface area contributed by atoms with Crippen LogP contribution in [0.1, 0.15) is 56.6 Å². The summed E-state index contributed by atoms with van der Waals surface area (Å²) in [6.45, 7) is 7.72. The van der Waals surface area contributed by atoms with Gasteiger partial charge < -0.3 is 14.8 Å². The van der Waals surface area contributed by atoms with E-state index in [4.69, 9.17) is 9.47 Å². The molecule has 2 atom stereocenters. The Morgan fingerprint density at radius 1 is 1.25 bits per heavy atom. The normalized spacial score (nSPS) is 19.8. The zero-order valence-corrected chi connectivity index (χ0v) is 19.7. The second kappa shape index (κ2) is 7.93. The van der Waals surface area contributed by atoms with Crippen molar-refractivity contribution in [2.24, 2.45) is 11.3 Å². The topological polar surface area (TPSA) is 60.5 Å². The molecule has 0 radical (unpaired) electrons. The molecule has 32 heavy (non-hydrogen) atoms. The number of aromatic nitrogens is 1. The second-order valence-corrected chi connectivity index (χ2v) is 10.5. The first-order valence-corrected chi connectivity index (χ1v) is 11.8. The van der Waals surface area contributed by atoms with Crippen molar-refractivity contribution in [1.29, 1.82) is 0 Å². The fourth-order valence-corrected chi connectivity index (χ4v) is 6.33. The highest BCUT2D eigenvalue weighted by atomic mass is 32.1. The number of amides is 1. The molecule has 1 N–H and O–H groups in total. The average Bonchev–Trinajstić information content (AvgIpc) is 3.12. The first kappa shape index (κ1) is 21.0. The van der Waals surface area contributed by atoms with Gasteiger partial charge in [-0.05, 0) is 71.6 Å². The molecule has 1 saturated carbocycles. The number of thiophene rings is 1. The van der Waals surface area contributed by atoms with Crippen LogP contribution in [0.2, 0.25) is 0 Å². The maximum Gasteiger partial charge on any atom is 0.261 e. The number of benzene rings is 1. The second-order valence-electron chi connectivity index (χ2n) is 9.29. The molecule has 1 aromatic carbocycles. The molecule has 2 aliphatic rings. The smallest absolute Gasteiger partial charge is 0.261 e. The van der Waals surface area contributed by atoms with Crippen LogP contribution in [0.5, 0.6) is 11.5 Å². The summed E-state index contributed by atoms with van der Waals surface area (Å²) >= 11 is 1.64. The molecule has 166 valence electrons. The van der Waals surface area contributed by atoms with Gasteiger partial charge in [-0.1, -0.05) is 13.8 Å². The number of methoxy groups -OCH3 is 1. The molecule has 2 aliphatic carbocycles. The highest BCUT2D eigenvalue weighted by Gasteiger charge is 2.63. The molecule has 3 aromatic rings. The number of hydrogen-bond acceptors (Lipinski definition) is 5. The van der Waals surface area contributed by atoms with Gasteiger partial charge in [0.15, 0.2) is 0 Å². The molecule has 2 aromatic heterocycles. The number of hydrogen-bond donors (Lipinski definition) is 1. The van der Waals surface area contributed by atoms with Gasteiger partial charge in [0.05, 0.1) is 12.0 Å². The van der Waals surface area contributed by atoms with Gasteiger partial charge in [0.2, 0.25) is 0 Å². The lowest BCUT2D eigenvalue weighted by molar-refractivity contribution is 0.0953. The van der Waals surface area contributed by atoms with E-state index in [0.29, 0.717) is 36.2 Å². The lowest BCUT2D eigenvalue weighted by Crippen LogP contribution is -2.23. The van der Waals surface area contributed by atoms with E-state index in [0.717, 1.165) is 28.2 Å². The SMILES string of the molecule is COc1cc(OCc2ccncc2)ccc1CNC(=O)c1sc(C)c2c1C[C@@H]1[C@H]2C1(C)C. The number of fused-ring (bicyclic) bond motifs is 3. The number of rotatable bonds is 7. The minimum atomic E-state index is 0.0125. The first-order valence-electron chi connectivity index (χ1n) is 11.0. The zero-order valence-electron chi connectivity index (χ0n) is 18.9. The van der Waals surface area contributed by atoms with Crippen molar-refractivity contribution < 1.29 is 14.3 Å². The standard InChI is InChI=1S/C26H28N2O3S/c1-15-22-19(12-20-23(22)26(20,2)3)24(32-15)25(29)28-13-17-5-6-18(11-21(17)30-4)31-14-16-7-9-27-10-8-16/h5-11,20,23H,12-14H2,1-4H3,(H,28,29)/t20-,23-/m1/s1. The van der Waals surface area contributed by atoms with Crippen LogP contribution in [0.4, 0.5) is 0 Å². The number of carbonyl (C=O) groups is 1. The summed E-state index contributed by atoms with van der Waals surface area (Å²) in [6, 6.07) is 9.57. The minimum absolute atomic E-state index is 0.0125. The highest BCUT2D eigenvalue weighted by molar-refractivity contribution is 7.14. The molecule has 5 rings (SSSR count). The maximum absolute atomic E-state index is 13.0. The summed E-state index contributed by atoms with van der Waals surface area (Å²) < 4.78 is 11.4. The summed E-state index contributed by atoms with van der Waals surface area (Å²) in [5, 5.41) is 3.10. The molecule has 0 unspecified atom stereocenters. The van der Waals surface area contributed by atoms with E-state index in [1.807, 2.05) is 30.3 Å². The number of aryl methyl sites for hydroxylation is 1. The van der Waals surface area contributed by atoms with E-state index < -0.39 is 0 Å². The number of carbonyl (C=O) groups excluding carboxylic acids is 1. The molecule has 1 fully saturated rings. The van der Waals surface area contributed by atoms with Crippen LogP contribution in [-0.4, -0.2) is 18.0 Å². The maximum atomic E-state index is 13.0. The molecule has 0 bridgehead atoms. The van der Waals surface area contributed by atoms with Crippen LogP contribution in [0.15, 0.2) is 42.7 Å². The summed E-state index contributed by atoms with van der Waals surface area (Å²) in [7, 11) is 1.64. The van der Waals surface area contributed by atoms with E-state index in [9.17, 15) is 4.79 Å². The average molecular weight is 449 g/mol. The largest absolute Gasteiger partial charge is 0.496 e. The van der Waals surface area contributed by atoms with Gasteiger partial charge in [0.1, 0.15) is 18.1 Å². The van der Waals surface area contributed by atoms with E-state index in [-0.39, 0.29) is 5.91 Å². The Bertz CT molecular complexity index is 1170. The monoisotopic (exact) mass is 448 g/mol. The summed E-state index contributed by atoms with van der Waals surface area (Å²) in [5.41, 5.74) is 5.09. The van der Waals surface area contributed by atoms with Gasteiger partial charge in [-0.2, -0.15) is 0 Å². The van der Waals surface area contributed by atoms with Crippen molar-refractivity contribution in [2.45, 2.75) is 46.3 Å². The third-order valence-electron chi connectivity index (χ3n) is 7.08. The molecule has 0 saturated heterocycles. The van der Waals surface area contributed by atoms with Crippen LogP contribution >= 0.6 is 11.3 Å².